The number of benzene rings is 1. The number of hydrogen-bond acceptors (Lipinski definition) is 8. The van der Waals surface area contributed by atoms with Crippen LogP contribution in [0, 0.1) is 11.6 Å². The molecule has 4 aliphatic carbocycles. The molecular formula is C27H23F2N5O3S. The third-order valence-electron chi connectivity index (χ3n) is 8.05. The molecule has 11 heteroatoms. The van der Waals surface area contributed by atoms with Crippen molar-refractivity contribution in [2.45, 2.75) is 60.9 Å². The van der Waals surface area contributed by atoms with E-state index in [1.807, 2.05) is 0 Å². The molecule has 0 aliphatic heterocycles. The van der Waals surface area contributed by atoms with Crippen molar-refractivity contribution in [3.8, 4) is 22.8 Å². The van der Waals surface area contributed by atoms with E-state index in [1.54, 1.807) is 12.3 Å². The van der Waals surface area contributed by atoms with Gasteiger partial charge in [0.05, 0.1) is 51.0 Å². The lowest BCUT2D eigenvalue weighted by molar-refractivity contribution is 0.263. The van der Waals surface area contributed by atoms with Crippen LogP contribution in [0.3, 0.4) is 0 Å². The molecule has 0 radical (unpaired) electrons. The fourth-order valence-electron chi connectivity index (χ4n) is 5.93. The van der Waals surface area contributed by atoms with Crippen LogP contribution in [0.1, 0.15) is 67.1 Å². The molecule has 0 saturated heterocycles. The highest BCUT2D eigenvalue weighted by Gasteiger charge is 2.49. The molecule has 1 aromatic carbocycles. The summed E-state index contributed by atoms with van der Waals surface area (Å²) < 4.78 is 59.2. The lowest BCUT2D eigenvalue weighted by Gasteiger charge is -2.46. The number of hydrogen-bond donors (Lipinski definition) is 0. The maximum absolute atomic E-state index is 14.5. The third-order valence-corrected chi connectivity index (χ3v) is 10.2. The monoisotopic (exact) mass is 535 g/mol. The molecule has 0 spiro atoms. The van der Waals surface area contributed by atoms with Gasteiger partial charge in [-0.05, 0) is 68.2 Å². The summed E-state index contributed by atoms with van der Waals surface area (Å²) in [7, 11) is -3.23. The van der Waals surface area contributed by atoms with E-state index < -0.39 is 26.9 Å². The van der Waals surface area contributed by atoms with Crippen LogP contribution in [0.5, 0.6) is 0 Å². The Kier molecular flexibility index (Phi) is 5.23. The number of nitrogens with zero attached hydrogens (tertiary/aromatic N) is 5. The number of aromatic nitrogens is 5. The Balaban J connectivity index is 1.25. The zero-order valence-corrected chi connectivity index (χ0v) is 21.1. The Bertz CT molecular complexity index is 1660. The van der Waals surface area contributed by atoms with Crippen LogP contribution in [-0.2, 0) is 21.0 Å². The molecule has 4 aromatic rings. The Labute approximate surface area is 217 Å². The summed E-state index contributed by atoms with van der Waals surface area (Å²) in [4.78, 5) is 13.6. The van der Waals surface area contributed by atoms with Crippen LogP contribution in [-0.4, -0.2) is 38.8 Å². The molecule has 2 bridgehead atoms. The van der Waals surface area contributed by atoms with Gasteiger partial charge in [-0.2, -0.15) is 5.10 Å². The fourth-order valence-corrected chi connectivity index (χ4v) is 7.57. The zero-order valence-electron chi connectivity index (χ0n) is 20.3. The van der Waals surface area contributed by atoms with Crippen LogP contribution in [0.15, 0.2) is 47.3 Å². The van der Waals surface area contributed by atoms with E-state index in [1.165, 1.54) is 30.7 Å². The first kappa shape index (κ1) is 23.5. The molecule has 4 aliphatic rings. The quantitative estimate of drug-likeness (QED) is 0.343. The molecule has 3 aromatic heterocycles. The number of fused-ring (bicyclic) bond motifs is 2. The molecule has 8 nitrogen and oxygen atoms in total. The minimum Gasteiger partial charge on any atom is -0.443 e. The second-order valence-corrected chi connectivity index (χ2v) is 12.7. The van der Waals surface area contributed by atoms with Gasteiger partial charge < -0.3 is 4.42 Å². The predicted molar refractivity (Wildman–Crippen MR) is 133 cm³/mol. The second-order valence-electron chi connectivity index (χ2n) is 10.4. The largest absolute Gasteiger partial charge is 0.443 e. The van der Waals surface area contributed by atoms with Crippen LogP contribution in [0.2, 0.25) is 0 Å². The van der Waals surface area contributed by atoms with Crippen molar-refractivity contribution in [2.24, 2.45) is 0 Å². The van der Waals surface area contributed by atoms with Crippen molar-refractivity contribution in [1.29, 1.82) is 0 Å². The number of rotatable bonds is 6. The number of sulfone groups is 1. The van der Waals surface area contributed by atoms with Gasteiger partial charge >= 0.3 is 0 Å². The van der Waals surface area contributed by atoms with Crippen molar-refractivity contribution in [3.05, 3.63) is 77.2 Å². The fraction of sp³-hybridized carbons (Fsp3) is 0.370. The van der Waals surface area contributed by atoms with Gasteiger partial charge in [-0.3, -0.25) is 4.98 Å². The van der Waals surface area contributed by atoms with Gasteiger partial charge in [-0.25, -0.2) is 27.2 Å². The van der Waals surface area contributed by atoms with E-state index in [-0.39, 0.29) is 34.1 Å². The highest BCUT2D eigenvalue weighted by atomic mass is 32.2. The van der Waals surface area contributed by atoms with Gasteiger partial charge in [0.15, 0.2) is 9.84 Å². The van der Waals surface area contributed by atoms with Crippen LogP contribution < -0.4 is 0 Å². The smallest absolute Gasteiger partial charge is 0.246 e. The lowest BCUT2D eigenvalue weighted by Crippen LogP contribution is -2.41. The summed E-state index contributed by atoms with van der Waals surface area (Å²) in [5, 5.41) is 8.49. The molecule has 0 N–H and O–H groups in total. The van der Waals surface area contributed by atoms with Crippen LogP contribution in [0.25, 0.3) is 22.8 Å². The topological polar surface area (TPSA) is 112 Å². The molecule has 8 rings (SSSR count). The SMILES string of the molecule is O=S(=O)(Cc1coc(-c2cncc(C34CCC(CC3)c3cc(-c5c(F)cccc5F)nnc34)n2)n1)C1CC1. The van der Waals surface area contributed by atoms with Crippen LogP contribution >= 0.6 is 0 Å². The van der Waals surface area contributed by atoms with Crippen molar-refractivity contribution < 1.29 is 21.6 Å². The molecule has 3 heterocycles. The van der Waals surface area contributed by atoms with E-state index in [2.05, 4.69) is 20.2 Å². The third kappa shape index (κ3) is 3.74. The maximum atomic E-state index is 14.5. The molecule has 0 amide bonds. The average Bonchev–Trinajstić information content (AvgIpc) is 3.70. The predicted octanol–water partition coefficient (Wildman–Crippen LogP) is 4.90. The standard InChI is InChI=1S/C27H23F2N5O3S/c28-19-2-1-3-20(29)24(19)21-10-18-15-6-8-27(9-7-15,25(18)34-33-21)23-12-30-11-22(32-23)26-31-16(13-37-26)14-38(35,36)17-4-5-17/h1-3,10-13,15,17H,4-9,14H2. The van der Waals surface area contributed by atoms with Gasteiger partial charge in [0.25, 0.3) is 0 Å². The molecule has 2 fully saturated rings. The van der Waals surface area contributed by atoms with Gasteiger partial charge in [0.1, 0.15) is 23.6 Å². The summed E-state index contributed by atoms with van der Waals surface area (Å²) in [6.07, 6.45) is 9.34. The molecule has 38 heavy (non-hydrogen) atoms. The average molecular weight is 536 g/mol. The molecule has 0 unspecified atom stereocenters. The highest BCUT2D eigenvalue weighted by Crippen LogP contribution is 2.55. The van der Waals surface area contributed by atoms with E-state index in [0.717, 1.165) is 36.9 Å². The second kappa shape index (κ2) is 8.45. The first-order chi connectivity index (χ1) is 18.3. The molecule has 194 valence electrons. The van der Waals surface area contributed by atoms with E-state index in [0.29, 0.717) is 29.9 Å². The molecule has 2 saturated carbocycles. The first-order valence-corrected chi connectivity index (χ1v) is 14.4. The summed E-state index contributed by atoms with van der Waals surface area (Å²) in [5.74, 6) is -1.08. The van der Waals surface area contributed by atoms with Gasteiger partial charge in [0.2, 0.25) is 5.89 Å². The van der Waals surface area contributed by atoms with Crippen molar-refractivity contribution >= 4 is 9.84 Å². The molecule has 0 atom stereocenters. The summed E-state index contributed by atoms with van der Waals surface area (Å²) in [6.45, 7) is 0. The van der Waals surface area contributed by atoms with Gasteiger partial charge in [0, 0.05) is 6.20 Å². The minimum atomic E-state index is -3.23. The lowest BCUT2D eigenvalue weighted by atomic mass is 9.58. The summed E-state index contributed by atoms with van der Waals surface area (Å²) in [6, 6.07) is 5.51. The van der Waals surface area contributed by atoms with E-state index in [4.69, 9.17) is 9.40 Å². The van der Waals surface area contributed by atoms with Crippen molar-refractivity contribution in [1.82, 2.24) is 25.1 Å². The Morgan fingerprint density at radius 2 is 1.74 bits per heavy atom. The maximum Gasteiger partial charge on any atom is 0.246 e. The number of halogens is 2. The summed E-state index contributed by atoms with van der Waals surface area (Å²) in [5.41, 5.74) is 2.59. The van der Waals surface area contributed by atoms with Crippen molar-refractivity contribution in [3.63, 3.8) is 0 Å². The Morgan fingerprint density at radius 1 is 0.974 bits per heavy atom. The van der Waals surface area contributed by atoms with Gasteiger partial charge in [-0.1, -0.05) is 6.07 Å². The van der Waals surface area contributed by atoms with Crippen molar-refractivity contribution in [2.75, 3.05) is 0 Å². The van der Waals surface area contributed by atoms with E-state index >= 15 is 0 Å². The summed E-state index contributed by atoms with van der Waals surface area (Å²) >= 11 is 0. The van der Waals surface area contributed by atoms with Gasteiger partial charge in [-0.15, -0.1) is 5.10 Å². The highest BCUT2D eigenvalue weighted by molar-refractivity contribution is 7.91. The molecular weight excluding hydrogens is 512 g/mol. The van der Waals surface area contributed by atoms with Crippen LogP contribution in [0.4, 0.5) is 8.78 Å². The Hall–Kier alpha value is -3.60. The zero-order chi connectivity index (χ0) is 26.1. The Morgan fingerprint density at radius 3 is 2.47 bits per heavy atom. The number of oxazole rings is 1. The minimum absolute atomic E-state index is 0.159. The first-order valence-electron chi connectivity index (χ1n) is 12.7. The normalized spacial score (nSPS) is 22.4. The van der Waals surface area contributed by atoms with E-state index in [9.17, 15) is 17.2 Å².